The van der Waals surface area contributed by atoms with Crippen LogP contribution in [-0.4, -0.2) is 63.8 Å². The lowest BCUT2D eigenvalue weighted by Crippen LogP contribution is -2.43. The van der Waals surface area contributed by atoms with Crippen LogP contribution in [-0.2, 0) is 4.74 Å². The largest absolute Gasteiger partial charge is 0.444 e. The molecule has 2 aliphatic rings. The predicted molar refractivity (Wildman–Crippen MR) is 93.1 cm³/mol. The van der Waals surface area contributed by atoms with Crippen molar-refractivity contribution >= 4 is 12.0 Å². The molecule has 7 nitrogen and oxygen atoms in total. The summed E-state index contributed by atoms with van der Waals surface area (Å²) in [4.78, 5) is 28.5. The standard InChI is InChI=1S/C18H28N4O3/c1-18(2,3)25-17(24)22-10-7-14(12-22)13-5-4-9-21(11-13)16(23)15-6-8-19-20-15/h6,8,13-14H,4-5,7,9-12H2,1-3H3,(H,19,20)/t13-,14+/m0/s1. The van der Waals surface area contributed by atoms with Gasteiger partial charge in [0.05, 0.1) is 0 Å². The quantitative estimate of drug-likeness (QED) is 0.891. The third-order valence-electron chi connectivity index (χ3n) is 5.02. The summed E-state index contributed by atoms with van der Waals surface area (Å²) in [6.45, 7) is 8.67. The van der Waals surface area contributed by atoms with E-state index in [1.165, 1.54) is 0 Å². The van der Waals surface area contributed by atoms with Crippen molar-refractivity contribution in [2.75, 3.05) is 26.2 Å². The Morgan fingerprint density at radius 1 is 1.16 bits per heavy atom. The number of amides is 2. The molecule has 0 saturated carbocycles. The highest BCUT2D eigenvalue weighted by Crippen LogP contribution is 2.32. The molecule has 0 aliphatic carbocycles. The molecule has 3 rings (SSSR count). The van der Waals surface area contributed by atoms with Crippen LogP contribution in [0.25, 0.3) is 0 Å². The number of carbonyl (C=O) groups is 2. The molecule has 3 heterocycles. The zero-order chi connectivity index (χ0) is 18.0. The van der Waals surface area contributed by atoms with Gasteiger partial charge in [-0.25, -0.2) is 4.79 Å². The van der Waals surface area contributed by atoms with E-state index in [-0.39, 0.29) is 12.0 Å². The topological polar surface area (TPSA) is 78.5 Å². The van der Waals surface area contributed by atoms with Crippen molar-refractivity contribution in [2.24, 2.45) is 11.8 Å². The van der Waals surface area contributed by atoms with Gasteiger partial charge in [0, 0.05) is 32.4 Å². The molecular weight excluding hydrogens is 320 g/mol. The number of aromatic nitrogens is 2. The number of hydrogen-bond donors (Lipinski definition) is 1. The van der Waals surface area contributed by atoms with Crippen LogP contribution < -0.4 is 0 Å². The summed E-state index contributed by atoms with van der Waals surface area (Å²) in [5.41, 5.74) is 0.0790. The number of nitrogens with zero attached hydrogens (tertiary/aromatic N) is 3. The highest BCUT2D eigenvalue weighted by molar-refractivity contribution is 5.92. The summed E-state index contributed by atoms with van der Waals surface area (Å²) in [6, 6.07) is 1.71. The van der Waals surface area contributed by atoms with Gasteiger partial charge in [0.15, 0.2) is 0 Å². The molecule has 0 unspecified atom stereocenters. The Hall–Kier alpha value is -2.05. The Morgan fingerprint density at radius 2 is 1.88 bits per heavy atom. The summed E-state index contributed by atoms with van der Waals surface area (Å²) in [5.74, 6) is 0.891. The predicted octanol–water partition coefficient (Wildman–Crippen LogP) is 2.52. The van der Waals surface area contributed by atoms with E-state index in [0.717, 1.165) is 45.4 Å². The number of nitrogens with one attached hydrogen (secondary N) is 1. The number of piperidine rings is 1. The van der Waals surface area contributed by atoms with E-state index in [4.69, 9.17) is 4.74 Å². The molecule has 1 N–H and O–H groups in total. The van der Waals surface area contributed by atoms with Gasteiger partial charge in [0.25, 0.3) is 5.91 Å². The van der Waals surface area contributed by atoms with E-state index >= 15 is 0 Å². The summed E-state index contributed by atoms with van der Waals surface area (Å²) in [6.07, 6.45) is 4.48. The molecule has 2 atom stereocenters. The number of ether oxygens (including phenoxy) is 1. The fourth-order valence-corrected chi connectivity index (χ4v) is 3.79. The van der Waals surface area contributed by atoms with E-state index in [2.05, 4.69) is 10.2 Å². The minimum absolute atomic E-state index is 0.0178. The maximum Gasteiger partial charge on any atom is 0.410 e. The third kappa shape index (κ3) is 4.32. The van der Waals surface area contributed by atoms with Crippen LogP contribution in [0.3, 0.4) is 0 Å². The van der Waals surface area contributed by atoms with Gasteiger partial charge in [-0.05, 0) is 57.9 Å². The van der Waals surface area contributed by atoms with Crippen LogP contribution in [0.1, 0.15) is 50.5 Å². The minimum atomic E-state index is -0.465. The molecule has 2 fully saturated rings. The molecule has 2 saturated heterocycles. The first-order valence-corrected chi connectivity index (χ1v) is 9.10. The monoisotopic (exact) mass is 348 g/mol. The number of likely N-dealkylation sites (tertiary alicyclic amines) is 2. The van der Waals surface area contributed by atoms with Crippen LogP contribution >= 0.6 is 0 Å². The van der Waals surface area contributed by atoms with E-state index in [1.54, 1.807) is 12.3 Å². The molecule has 2 aliphatic heterocycles. The second-order valence-electron chi connectivity index (χ2n) is 8.10. The Bertz CT molecular complexity index is 608. The number of rotatable bonds is 2. The average molecular weight is 348 g/mol. The van der Waals surface area contributed by atoms with Crippen molar-refractivity contribution in [3.63, 3.8) is 0 Å². The summed E-state index contributed by atoms with van der Waals surface area (Å²) >= 11 is 0. The number of aromatic amines is 1. The Kier molecular flexibility index (Phi) is 5.01. The van der Waals surface area contributed by atoms with Crippen LogP contribution in [0.2, 0.25) is 0 Å². The Balaban J connectivity index is 1.56. The summed E-state index contributed by atoms with van der Waals surface area (Å²) in [7, 11) is 0. The zero-order valence-corrected chi connectivity index (χ0v) is 15.3. The maximum absolute atomic E-state index is 12.5. The first-order chi connectivity index (χ1) is 11.8. The maximum atomic E-state index is 12.5. The lowest BCUT2D eigenvalue weighted by Gasteiger charge is -2.35. The van der Waals surface area contributed by atoms with Gasteiger partial charge in [-0.3, -0.25) is 9.89 Å². The zero-order valence-electron chi connectivity index (χ0n) is 15.3. The lowest BCUT2D eigenvalue weighted by molar-refractivity contribution is 0.0274. The van der Waals surface area contributed by atoms with Gasteiger partial charge in [-0.2, -0.15) is 5.10 Å². The molecule has 0 aromatic carbocycles. The van der Waals surface area contributed by atoms with Crippen molar-refractivity contribution in [3.8, 4) is 0 Å². The van der Waals surface area contributed by atoms with Crippen molar-refractivity contribution in [3.05, 3.63) is 18.0 Å². The number of carbonyl (C=O) groups excluding carboxylic acids is 2. The van der Waals surface area contributed by atoms with E-state index < -0.39 is 5.60 Å². The van der Waals surface area contributed by atoms with Crippen molar-refractivity contribution in [1.29, 1.82) is 0 Å². The molecule has 1 aromatic rings. The lowest BCUT2D eigenvalue weighted by atomic mass is 9.85. The summed E-state index contributed by atoms with van der Waals surface area (Å²) < 4.78 is 5.48. The van der Waals surface area contributed by atoms with E-state index in [0.29, 0.717) is 17.5 Å². The number of H-pyrrole nitrogens is 1. The van der Waals surface area contributed by atoms with Crippen molar-refractivity contribution in [1.82, 2.24) is 20.0 Å². The molecule has 138 valence electrons. The molecule has 0 radical (unpaired) electrons. The fourth-order valence-electron chi connectivity index (χ4n) is 3.79. The van der Waals surface area contributed by atoms with Crippen LogP contribution in [0.4, 0.5) is 4.79 Å². The van der Waals surface area contributed by atoms with Gasteiger partial charge in [0.2, 0.25) is 0 Å². The highest BCUT2D eigenvalue weighted by Gasteiger charge is 2.36. The SMILES string of the molecule is CC(C)(C)OC(=O)N1CC[C@@H]([C@H]2CCCN(C(=O)c3ccn[nH]3)C2)C1. The van der Waals surface area contributed by atoms with E-state index in [1.807, 2.05) is 30.6 Å². The van der Waals surface area contributed by atoms with Crippen molar-refractivity contribution < 1.29 is 14.3 Å². The molecule has 7 heteroatoms. The van der Waals surface area contributed by atoms with Crippen LogP contribution in [0, 0.1) is 11.8 Å². The Morgan fingerprint density at radius 3 is 2.56 bits per heavy atom. The van der Waals surface area contributed by atoms with Gasteiger partial charge < -0.3 is 14.5 Å². The van der Waals surface area contributed by atoms with Gasteiger partial charge in [0.1, 0.15) is 11.3 Å². The second kappa shape index (κ2) is 7.06. The van der Waals surface area contributed by atoms with Gasteiger partial charge >= 0.3 is 6.09 Å². The van der Waals surface area contributed by atoms with Crippen molar-refractivity contribution in [2.45, 2.75) is 45.6 Å². The molecule has 2 amide bonds. The number of hydrogen-bond acceptors (Lipinski definition) is 4. The third-order valence-corrected chi connectivity index (χ3v) is 5.02. The normalized spacial score (nSPS) is 24.4. The van der Waals surface area contributed by atoms with E-state index in [9.17, 15) is 9.59 Å². The fraction of sp³-hybridized carbons (Fsp3) is 0.722. The smallest absolute Gasteiger partial charge is 0.410 e. The van der Waals surface area contributed by atoms with Gasteiger partial charge in [-0.15, -0.1) is 0 Å². The average Bonchev–Trinajstić information content (AvgIpc) is 3.24. The molecule has 0 bridgehead atoms. The first-order valence-electron chi connectivity index (χ1n) is 9.10. The highest BCUT2D eigenvalue weighted by atomic mass is 16.6. The molecule has 1 aromatic heterocycles. The van der Waals surface area contributed by atoms with Crippen LogP contribution in [0.5, 0.6) is 0 Å². The van der Waals surface area contributed by atoms with Gasteiger partial charge in [-0.1, -0.05) is 0 Å². The molecule has 25 heavy (non-hydrogen) atoms. The first kappa shape index (κ1) is 17.8. The van der Waals surface area contributed by atoms with Crippen LogP contribution in [0.15, 0.2) is 12.3 Å². The summed E-state index contributed by atoms with van der Waals surface area (Å²) in [5, 5.41) is 6.61. The Labute approximate surface area is 148 Å². The second-order valence-corrected chi connectivity index (χ2v) is 8.10. The minimum Gasteiger partial charge on any atom is -0.444 e. The molecule has 0 spiro atoms. The molecular formula is C18H28N4O3.